The first-order valence-corrected chi connectivity index (χ1v) is 10.9. The molecular formula is C27H31NO6. The number of ether oxygens (including phenoxy) is 4. The van der Waals surface area contributed by atoms with Crippen molar-refractivity contribution in [2.45, 2.75) is 12.6 Å². The van der Waals surface area contributed by atoms with E-state index in [1.165, 1.54) is 0 Å². The van der Waals surface area contributed by atoms with Gasteiger partial charge in [-0.2, -0.15) is 0 Å². The van der Waals surface area contributed by atoms with Crippen molar-refractivity contribution < 1.29 is 28.8 Å². The Balaban J connectivity index is 1.53. The molecule has 0 bridgehead atoms. The molecule has 7 nitrogen and oxygen atoms in total. The lowest BCUT2D eigenvalue weighted by molar-refractivity contribution is 0.0741. The van der Waals surface area contributed by atoms with E-state index in [0.717, 1.165) is 5.56 Å². The lowest BCUT2D eigenvalue weighted by atomic mass is 10.0. The maximum atomic E-state index is 12.5. The Hall–Kier alpha value is -3.55. The molecule has 180 valence electrons. The highest BCUT2D eigenvalue weighted by Crippen LogP contribution is 2.40. The van der Waals surface area contributed by atoms with E-state index in [0.29, 0.717) is 47.2 Å². The minimum absolute atomic E-state index is 0.0422. The molecule has 3 aromatic rings. The van der Waals surface area contributed by atoms with Gasteiger partial charge in [0.25, 0.3) is 0 Å². The van der Waals surface area contributed by atoms with Gasteiger partial charge in [-0.3, -0.25) is 9.69 Å². The van der Waals surface area contributed by atoms with Crippen LogP contribution in [-0.4, -0.2) is 63.4 Å². The van der Waals surface area contributed by atoms with Crippen molar-refractivity contribution in [2.75, 3.05) is 41.5 Å². The number of methoxy groups -OCH3 is 3. The monoisotopic (exact) mass is 465 g/mol. The largest absolute Gasteiger partial charge is 0.493 e. The van der Waals surface area contributed by atoms with Crippen molar-refractivity contribution in [1.82, 2.24) is 4.90 Å². The summed E-state index contributed by atoms with van der Waals surface area (Å²) in [6.07, 6.45) is -0.707. The highest BCUT2D eigenvalue weighted by molar-refractivity contribution is 6.08. The van der Waals surface area contributed by atoms with Crippen molar-refractivity contribution in [3.05, 3.63) is 83.4 Å². The zero-order valence-electron chi connectivity index (χ0n) is 20.0. The zero-order valence-corrected chi connectivity index (χ0v) is 20.0. The van der Waals surface area contributed by atoms with E-state index >= 15 is 0 Å². The van der Waals surface area contributed by atoms with Crippen molar-refractivity contribution in [1.29, 1.82) is 0 Å². The summed E-state index contributed by atoms with van der Waals surface area (Å²) in [6.45, 7) is 1.05. The van der Waals surface area contributed by atoms with E-state index in [1.807, 2.05) is 42.3 Å². The van der Waals surface area contributed by atoms with Crippen LogP contribution in [0.2, 0.25) is 0 Å². The Labute approximate surface area is 200 Å². The van der Waals surface area contributed by atoms with Crippen LogP contribution >= 0.6 is 0 Å². The highest BCUT2D eigenvalue weighted by atomic mass is 16.5. The average molecular weight is 466 g/mol. The molecule has 0 spiro atoms. The Morgan fingerprint density at radius 3 is 2.12 bits per heavy atom. The number of aliphatic hydroxyl groups is 1. The van der Waals surface area contributed by atoms with Crippen molar-refractivity contribution >= 4 is 5.78 Å². The highest BCUT2D eigenvalue weighted by Gasteiger charge is 2.18. The molecule has 0 amide bonds. The summed E-state index contributed by atoms with van der Waals surface area (Å²) in [4.78, 5) is 14.5. The second-order valence-corrected chi connectivity index (χ2v) is 7.87. The Morgan fingerprint density at radius 2 is 1.50 bits per heavy atom. The molecule has 0 aliphatic heterocycles. The van der Waals surface area contributed by atoms with Crippen LogP contribution in [0.1, 0.15) is 21.5 Å². The van der Waals surface area contributed by atoms with E-state index in [4.69, 9.17) is 18.9 Å². The van der Waals surface area contributed by atoms with Crippen molar-refractivity contribution in [2.24, 2.45) is 0 Å². The second-order valence-electron chi connectivity index (χ2n) is 7.87. The third kappa shape index (κ3) is 6.27. The summed E-state index contributed by atoms with van der Waals surface area (Å²) in [7, 11) is 6.64. The predicted molar refractivity (Wildman–Crippen MR) is 130 cm³/mol. The van der Waals surface area contributed by atoms with Crippen LogP contribution in [0.15, 0.2) is 66.7 Å². The molecular weight excluding hydrogens is 434 g/mol. The first-order chi connectivity index (χ1) is 16.5. The van der Waals surface area contributed by atoms with Gasteiger partial charge in [0.2, 0.25) is 5.75 Å². The maximum Gasteiger partial charge on any atom is 0.203 e. The molecule has 1 N–H and O–H groups in total. The summed E-state index contributed by atoms with van der Waals surface area (Å²) in [6, 6.07) is 19.8. The molecule has 3 rings (SSSR count). The second kappa shape index (κ2) is 12.1. The molecule has 0 aliphatic rings. The number of hydrogen-bond acceptors (Lipinski definition) is 7. The van der Waals surface area contributed by atoms with Gasteiger partial charge in [-0.1, -0.05) is 36.4 Å². The Kier molecular flexibility index (Phi) is 8.90. The molecule has 0 aromatic heterocycles. The molecule has 0 unspecified atom stereocenters. The van der Waals surface area contributed by atoms with Gasteiger partial charge in [-0.25, -0.2) is 0 Å². The molecule has 0 fully saturated rings. The van der Waals surface area contributed by atoms with Gasteiger partial charge >= 0.3 is 0 Å². The van der Waals surface area contributed by atoms with Gasteiger partial charge in [0.05, 0.1) is 21.3 Å². The SMILES string of the molecule is COc1ccc(CN(C)C[C@@H](O)COc2ccc(C(=O)c3ccccc3)cc2)c(OC)c1OC. The quantitative estimate of drug-likeness (QED) is 0.408. The average Bonchev–Trinajstić information content (AvgIpc) is 2.87. The number of carbonyl (C=O) groups excluding carboxylic acids is 1. The summed E-state index contributed by atoms with van der Waals surface area (Å²) in [5.41, 5.74) is 2.14. The van der Waals surface area contributed by atoms with Crippen molar-refractivity contribution in [3.8, 4) is 23.0 Å². The van der Waals surface area contributed by atoms with E-state index < -0.39 is 6.10 Å². The van der Waals surface area contributed by atoms with E-state index in [-0.39, 0.29) is 12.4 Å². The number of likely N-dealkylation sites (N-methyl/N-ethyl adjacent to an activating group) is 1. The summed E-state index contributed by atoms with van der Waals surface area (Å²) in [5.74, 6) is 2.28. The van der Waals surface area contributed by atoms with E-state index in [9.17, 15) is 9.90 Å². The Bertz CT molecular complexity index is 1070. The molecule has 34 heavy (non-hydrogen) atoms. The minimum Gasteiger partial charge on any atom is -0.493 e. The standard InChI is InChI=1S/C27H31NO6/c1-28(16-21-12-15-24(31-2)27(33-4)26(21)32-3)17-22(29)18-34-23-13-10-20(11-14-23)25(30)19-8-6-5-7-9-19/h5-15,22,29H,16-18H2,1-4H3/t22-/m1/s1. The minimum atomic E-state index is -0.707. The van der Waals surface area contributed by atoms with Crippen LogP contribution in [0.5, 0.6) is 23.0 Å². The van der Waals surface area contributed by atoms with Crippen LogP contribution < -0.4 is 18.9 Å². The molecule has 0 saturated carbocycles. The van der Waals surface area contributed by atoms with Crippen LogP contribution in [0.4, 0.5) is 0 Å². The zero-order chi connectivity index (χ0) is 24.5. The number of ketones is 1. The predicted octanol–water partition coefficient (Wildman–Crippen LogP) is 3.82. The smallest absolute Gasteiger partial charge is 0.203 e. The summed E-state index contributed by atoms with van der Waals surface area (Å²) in [5, 5.41) is 10.5. The fourth-order valence-corrected chi connectivity index (χ4v) is 3.71. The van der Waals surface area contributed by atoms with Crippen molar-refractivity contribution in [3.63, 3.8) is 0 Å². The van der Waals surface area contributed by atoms with E-state index in [2.05, 4.69) is 0 Å². The number of rotatable bonds is 12. The number of nitrogens with zero attached hydrogens (tertiary/aromatic N) is 1. The summed E-state index contributed by atoms with van der Waals surface area (Å²) >= 11 is 0. The van der Waals surface area contributed by atoms with Gasteiger partial charge < -0.3 is 24.1 Å². The van der Waals surface area contributed by atoms with Crippen LogP contribution in [-0.2, 0) is 6.54 Å². The van der Waals surface area contributed by atoms with Crippen LogP contribution in [0.25, 0.3) is 0 Å². The fourth-order valence-electron chi connectivity index (χ4n) is 3.71. The van der Waals surface area contributed by atoms with Gasteiger partial charge in [0, 0.05) is 29.8 Å². The van der Waals surface area contributed by atoms with Gasteiger partial charge in [0.15, 0.2) is 17.3 Å². The lowest BCUT2D eigenvalue weighted by Crippen LogP contribution is -2.32. The third-order valence-electron chi connectivity index (χ3n) is 5.34. The summed E-state index contributed by atoms with van der Waals surface area (Å²) < 4.78 is 22.0. The third-order valence-corrected chi connectivity index (χ3v) is 5.34. The maximum absolute atomic E-state index is 12.5. The molecule has 0 radical (unpaired) electrons. The van der Waals surface area contributed by atoms with Gasteiger partial charge in [0.1, 0.15) is 18.5 Å². The topological polar surface area (TPSA) is 77.5 Å². The van der Waals surface area contributed by atoms with Gasteiger partial charge in [-0.15, -0.1) is 0 Å². The van der Waals surface area contributed by atoms with E-state index in [1.54, 1.807) is 57.7 Å². The van der Waals surface area contributed by atoms with Gasteiger partial charge in [-0.05, 0) is 37.4 Å². The number of benzene rings is 3. The number of carbonyl (C=O) groups is 1. The Morgan fingerprint density at radius 1 is 0.853 bits per heavy atom. The normalized spacial score (nSPS) is 11.7. The number of aliphatic hydroxyl groups excluding tert-OH is 1. The first kappa shape index (κ1) is 25.1. The van der Waals surface area contributed by atoms with Crippen LogP contribution in [0.3, 0.4) is 0 Å². The first-order valence-electron chi connectivity index (χ1n) is 10.9. The number of hydrogen-bond donors (Lipinski definition) is 1. The molecule has 0 heterocycles. The molecule has 3 aromatic carbocycles. The molecule has 0 saturated heterocycles. The molecule has 1 atom stereocenters. The lowest BCUT2D eigenvalue weighted by Gasteiger charge is -2.23. The fraction of sp³-hybridized carbons (Fsp3) is 0.296. The molecule has 7 heteroatoms. The molecule has 0 aliphatic carbocycles. The van der Waals surface area contributed by atoms with Crippen LogP contribution in [0, 0.1) is 0 Å².